The largest absolute Gasteiger partial charge is 0.370 e. The highest BCUT2D eigenvalue weighted by atomic mass is 16.2. The Balaban J connectivity index is 1.71. The number of carbonyl (C=O) groups excluding carboxylic acids is 4. The third-order valence-electron chi connectivity index (χ3n) is 6.74. The van der Waals surface area contributed by atoms with Crippen LogP contribution in [0.1, 0.15) is 38.2 Å². The molecule has 0 radical (unpaired) electrons. The Labute approximate surface area is 227 Å². The summed E-state index contributed by atoms with van der Waals surface area (Å²) in [5.74, 6) is -2.14. The number of nitrogens with two attached hydrogens (primary N) is 3. The molecule has 1 aliphatic heterocycles. The fraction of sp³-hybridized carbons (Fsp3) is 0.444. The van der Waals surface area contributed by atoms with Crippen LogP contribution in [0.2, 0.25) is 0 Å². The summed E-state index contributed by atoms with van der Waals surface area (Å²) in [5.41, 5.74) is 17.8. The molecule has 0 aliphatic carbocycles. The molecule has 12 nitrogen and oxygen atoms in total. The number of likely N-dealkylation sites (tertiary alicyclic amines) is 1. The lowest BCUT2D eigenvalue weighted by Crippen LogP contribution is -2.56. The highest BCUT2D eigenvalue weighted by molar-refractivity contribution is 5.94. The molecular weight excluding hydrogens is 500 g/mol. The Morgan fingerprint density at radius 1 is 1.03 bits per heavy atom. The first kappa shape index (κ1) is 29.4. The van der Waals surface area contributed by atoms with Gasteiger partial charge in [-0.3, -0.25) is 24.6 Å². The number of guanidine groups is 1. The molecular formula is C27H38N8O4. The van der Waals surface area contributed by atoms with Gasteiger partial charge in [-0.05, 0) is 42.0 Å². The van der Waals surface area contributed by atoms with Gasteiger partial charge in [0, 0.05) is 32.5 Å². The molecule has 0 bridgehead atoms. The molecule has 1 aliphatic rings. The minimum atomic E-state index is -0.924. The molecule has 1 saturated heterocycles. The van der Waals surface area contributed by atoms with E-state index in [-0.39, 0.29) is 31.3 Å². The van der Waals surface area contributed by atoms with E-state index in [2.05, 4.69) is 16.0 Å². The van der Waals surface area contributed by atoms with Gasteiger partial charge in [0.05, 0.1) is 0 Å². The number of nitrogens with one attached hydrogen (secondary N) is 4. The van der Waals surface area contributed by atoms with Crippen molar-refractivity contribution in [3.8, 4) is 0 Å². The number of hydrogen-bond donors (Lipinski definition) is 7. The van der Waals surface area contributed by atoms with E-state index >= 15 is 0 Å². The molecule has 3 rings (SSSR count). The van der Waals surface area contributed by atoms with Gasteiger partial charge in [-0.2, -0.15) is 0 Å². The highest BCUT2D eigenvalue weighted by Gasteiger charge is 2.41. The summed E-state index contributed by atoms with van der Waals surface area (Å²) in [6.07, 6.45) is 1.92. The number of amides is 4. The Morgan fingerprint density at radius 3 is 2.41 bits per heavy atom. The summed E-state index contributed by atoms with van der Waals surface area (Å²) in [6.45, 7) is 1.93. The quantitative estimate of drug-likeness (QED) is 0.106. The molecule has 1 fully saturated rings. The fourth-order valence-electron chi connectivity index (χ4n) is 4.86. The van der Waals surface area contributed by atoms with E-state index in [4.69, 9.17) is 22.6 Å². The van der Waals surface area contributed by atoms with Gasteiger partial charge in [0.15, 0.2) is 5.96 Å². The fourth-order valence-corrected chi connectivity index (χ4v) is 4.86. The average Bonchev–Trinajstić information content (AvgIpc) is 3.28. The Bertz CT molecular complexity index is 1220. The van der Waals surface area contributed by atoms with Gasteiger partial charge in [0.2, 0.25) is 23.6 Å². The number of fused-ring (bicyclic) bond motifs is 1. The van der Waals surface area contributed by atoms with Gasteiger partial charge >= 0.3 is 0 Å². The first-order valence-electron chi connectivity index (χ1n) is 13.0. The molecule has 210 valence electrons. The first-order valence-corrected chi connectivity index (χ1v) is 13.0. The van der Waals surface area contributed by atoms with E-state index in [0.717, 1.165) is 16.3 Å². The van der Waals surface area contributed by atoms with Crippen molar-refractivity contribution >= 4 is 40.4 Å². The maximum atomic E-state index is 13.7. The second-order valence-electron chi connectivity index (χ2n) is 9.94. The molecule has 2 aromatic carbocycles. The van der Waals surface area contributed by atoms with Gasteiger partial charge < -0.3 is 38.1 Å². The average molecular weight is 539 g/mol. The van der Waals surface area contributed by atoms with Crippen LogP contribution in [0.4, 0.5) is 0 Å². The molecule has 0 saturated carbocycles. The highest BCUT2D eigenvalue weighted by Crippen LogP contribution is 2.21. The van der Waals surface area contributed by atoms with Gasteiger partial charge in [0.25, 0.3) is 0 Å². The van der Waals surface area contributed by atoms with Crippen LogP contribution in [0.25, 0.3) is 10.8 Å². The molecule has 39 heavy (non-hydrogen) atoms. The number of rotatable bonds is 12. The summed E-state index contributed by atoms with van der Waals surface area (Å²) < 4.78 is 0. The van der Waals surface area contributed by atoms with E-state index in [0.29, 0.717) is 25.8 Å². The molecule has 12 heteroatoms. The molecule has 1 heterocycles. The lowest BCUT2D eigenvalue weighted by Gasteiger charge is -2.29. The lowest BCUT2D eigenvalue weighted by molar-refractivity contribution is -0.141. The normalized spacial score (nSPS) is 18.3. The van der Waals surface area contributed by atoms with E-state index in [1.165, 1.54) is 11.8 Å². The Morgan fingerprint density at radius 2 is 1.74 bits per heavy atom. The van der Waals surface area contributed by atoms with Crippen LogP contribution in [0.5, 0.6) is 0 Å². The van der Waals surface area contributed by atoms with Gasteiger partial charge in [-0.15, -0.1) is 0 Å². The molecule has 4 amide bonds. The minimum Gasteiger partial charge on any atom is -0.370 e. The number of unbranched alkanes of at least 4 members (excludes halogenated alkanes) is 1. The van der Waals surface area contributed by atoms with Crippen molar-refractivity contribution in [2.75, 3.05) is 13.1 Å². The van der Waals surface area contributed by atoms with Crippen LogP contribution in [0.3, 0.4) is 0 Å². The summed E-state index contributed by atoms with van der Waals surface area (Å²) in [4.78, 5) is 52.3. The molecule has 0 aromatic heterocycles. The maximum Gasteiger partial charge on any atom is 0.246 e. The summed E-state index contributed by atoms with van der Waals surface area (Å²) in [6, 6.07) is 10.5. The van der Waals surface area contributed by atoms with Crippen molar-refractivity contribution in [3.63, 3.8) is 0 Å². The van der Waals surface area contributed by atoms with Gasteiger partial charge in [-0.25, -0.2) is 0 Å². The van der Waals surface area contributed by atoms with Gasteiger partial charge in [-0.1, -0.05) is 42.5 Å². The third-order valence-corrected chi connectivity index (χ3v) is 6.74. The third kappa shape index (κ3) is 8.40. The van der Waals surface area contributed by atoms with Crippen LogP contribution < -0.4 is 33.2 Å². The molecule has 4 atom stereocenters. The number of primary amides is 1. The van der Waals surface area contributed by atoms with Crippen molar-refractivity contribution in [1.82, 2.24) is 20.9 Å². The van der Waals surface area contributed by atoms with E-state index in [1.54, 1.807) is 0 Å². The van der Waals surface area contributed by atoms with Crippen molar-refractivity contribution in [1.29, 1.82) is 5.41 Å². The standard InChI is InChI=1S/C27H38N8O4/c1-16(36)33-22(13-17-9-10-18-6-2-3-7-19(18)12-17)26(39)35-15-20(28)14-23(35)25(38)34-21(24(29)37)8-4-5-11-32-27(30)31/h2-3,6-7,9-10,12,20-23H,4-5,8,11,13-15,28H2,1H3,(H2,29,37)(H,33,36)(H,34,38)(H4,30,31,32). The van der Waals surface area contributed by atoms with Crippen LogP contribution in [0.15, 0.2) is 42.5 Å². The number of hydrogen-bond acceptors (Lipinski definition) is 6. The first-order chi connectivity index (χ1) is 18.5. The zero-order chi connectivity index (χ0) is 28.5. The van der Waals surface area contributed by atoms with E-state index in [9.17, 15) is 19.2 Å². The van der Waals surface area contributed by atoms with Crippen LogP contribution in [-0.4, -0.2) is 71.7 Å². The van der Waals surface area contributed by atoms with Crippen LogP contribution in [0, 0.1) is 5.41 Å². The SMILES string of the molecule is CC(=O)NC(Cc1ccc2ccccc2c1)C(=O)N1CC(N)CC1C(=O)NC(CCCCNC(=N)N)C(N)=O. The monoisotopic (exact) mass is 538 g/mol. The van der Waals surface area contributed by atoms with Crippen LogP contribution in [-0.2, 0) is 25.6 Å². The van der Waals surface area contributed by atoms with Crippen molar-refractivity contribution in [2.24, 2.45) is 17.2 Å². The molecule has 10 N–H and O–H groups in total. The number of carbonyl (C=O) groups is 4. The zero-order valence-corrected chi connectivity index (χ0v) is 22.1. The predicted octanol–water partition coefficient (Wildman–Crippen LogP) is -0.561. The second kappa shape index (κ2) is 13.6. The van der Waals surface area contributed by atoms with Crippen molar-refractivity contribution in [3.05, 3.63) is 48.0 Å². The molecule has 2 aromatic rings. The predicted molar refractivity (Wildman–Crippen MR) is 148 cm³/mol. The Hall–Kier alpha value is -4.19. The number of benzene rings is 2. The molecule has 4 unspecified atom stereocenters. The van der Waals surface area contributed by atoms with E-state index in [1.807, 2.05) is 42.5 Å². The summed E-state index contributed by atoms with van der Waals surface area (Å²) in [7, 11) is 0. The van der Waals surface area contributed by atoms with Crippen molar-refractivity contribution in [2.45, 2.75) is 63.2 Å². The maximum absolute atomic E-state index is 13.7. The van der Waals surface area contributed by atoms with Gasteiger partial charge in [0.1, 0.15) is 18.1 Å². The van der Waals surface area contributed by atoms with E-state index < -0.39 is 41.9 Å². The summed E-state index contributed by atoms with van der Waals surface area (Å²) in [5, 5.41) is 17.3. The minimum absolute atomic E-state index is 0.142. The number of nitrogens with zero attached hydrogens (tertiary/aromatic N) is 1. The summed E-state index contributed by atoms with van der Waals surface area (Å²) >= 11 is 0. The topological polar surface area (TPSA) is 210 Å². The smallest absolute Gasteiger partial charge is 0.246 e. The lowest BCUT2D eigenvalue weighted by atomic mass is 10.0. The molecule has 0 spiro atoms. The van der Waals surface area contributed by atoms with Crippen molar-refractivity contribution < 1.29 is 19.2 Å². The Kier molecular flexibility index (Phi) is 10.2. The zero-order valence-electron chi connectivity index (χ0n) is 22.1. The van der Waals surface area contributed by atoms with Crippen LogP contribution >= 0.6 is 0 Å². The second-order valence-corrected chi connectivity index (χ2v) is 9.94.